The van der Waals surface area contributed by atoms with Crippen LogP contribution < -0.4 is 16.0 Å². The molecule has 0 aliphatic rings. The number of nitrogens with two attached hydrogens (primary N) is 1. The third kappa shape index (κ3) is 3.26. The van der Waals surface area contributed by atoms with E-state index in [2.05, 4.69) is 5.43 Å². The summed E-state index contributed by atoms with van der Waals surface area (Å²) < 4.78 is 19.1. The van der Waals surface area contributed by atoms with Gasteiger partial charge in [0.25, 0.3) is 5.69 Å². The molecule has 0 aliphatic carbocycles. The Hall–Kier alpha value is -2.67. The average Bonchev–Trinajstić information content (AvgIpc) is 2.48. The number of rotatable bonds is 5. The van der Waals surface area contributed by atoms with E-state index >= 15 is 0 Å². The maximum Gasteiger partial charge on any atom is 0.294 e. The molecule has 110 valence electrons. The van der Waals surface area contributed by atoms with Crippen molar-refractivity contribution < 1.29 is 14.1 Å². The molecule has 2 aromatic rings. The van der Waals surface area contributed by atoms with E-state index in [4.69, 9.17) is 10.6 Å². The van der Waals surface area contributed by atoms with Crippen molar-refractivity contribution >= 4 is 11.4 Å². The van der Waals surface area contributed by atoms with Crippen molar-refractivity contribution in [2.75, 3.05) is 5.43 Å². The Bertz CT molecular complexity index is 677. The van der Waals surface area contributed by atoms with Crippen molar-refractivity contribution in [2.45, 2.75) is 13.5 Å². The standard InChI is InChI=1S/C14H14FN3O3/c1-9-3-2-4-13(14(9)15)21-8-10-5-6-11(17-16)12(7-10)18(19)20/h2-7,17H,8,16H2,1H3. The van der Waals surface area contributed by atoms with Gasteiger partial charge in [0, 0.05) is 6.07 Å². The minimum Gasteiger partial charge on any atom is -0.486 e. The zero-order valence-corrected chi connectivity index (χ0v) is 11.3. The molecule has 0 spiro atoms. The summed E-state index contributed by atoms with van der Waals surface area (Å²) >= 11 is 0. The van der Waals surface area contributed by atoms with Gasteiger partial charge in [-0.3, -0.25) is 16.0 Å². The highest BCUT2D eigenvalue weighted by atomic mass is 19.1. The second-order valence-electron chi connectivity index (χ2n) is 4.43. The molecular weight excluding hydrogens is 277 g/mol. The highest BCUT2D eigenvalue weighted by molar-refractivity contribution is 5.61. The van der Waals surface area contributed by atoms with Gasteiger partial charge in [-0.2, -0.15) is 0 Å². The van der Waals surface area contributed by atoms with E-state index < -0.39 is 10.7 Å². The van der Waals surface area contributed by atoms with Crippen LogP contribution in [0.4, 0.5) is 15.8 Å². The van der Waals surface area contributed by atoms with Gasteiger partial charge in [0.15, 0.2) is 11.6 Å². The summed E-state index contributed by atoms with van der Waals surface area (Å²) in [5.41, 5.74) is 3.30. The number of nitro benzene ring substituents is 1. The summed E-state index contributed by atoms with van der Waals surface area (Å²) in [6.07, 6.45) is 0. The molecule has 0 fully saturated rings. The predicted molar refractivity (Wildman–Crippen MR) is 76.4 cm³/mol. The molecule has 0 atom stereocenters. The smallest absolute Gasteiger partial charge is 0.294 e. The van der Waals surface area contributed by atoms with Gasteiger partial charge in [0.1, 0.15) is 12.3 Å². The van der Waals surface area contributed by atoms with Gasteiger partial charge in [-0.25, -0.2) is 4.39 Å². The zero-order chi connectivity index (χ0) is 15.4. The highest BCUT2D eigenvalue weighted by Gasteiger charge is 2.14. The molecule has 2 aromatic carbocycles. The Morgan fingerprint density at radius 3 is 2.81 bits per heavy atom. The molecule has 7 heteroatoms. The monoisotopic (exact) mass is 291 g/mol. The van der Waals surface area contributed by atoms with Gasteiger partial charge in [-0.05, 0) is 30.2 Å². The summed E-state index contributed by atoms with van der Waals surface area (Å²) in [5, 5.41) is 10.9. The maximum absolute atomic E-state index is 13.8. The predicted octanol–water partition coefficient (Wildman–Crippen LogP) is 2.91. The quantitative estimate of drug-likeness (QED) is 0.502. The summed E-state index contributed by atoms with van der Waals surface area (Å²) in [7, 11) is 0. The molecule has 0 aromatic heterocycles. The fraction of sp³-hybridized carbons (Fsp3) is 0.143. The lowest BCUT2D eigenvalue weighted by Gasteiger charge is -2.09. The van der Waals surface area contributed by atoms with Crippen LogP contribution in [0, 0.1) is 22.9 Å². The number of hydrogen-bond acceptors (Lipinski definition) is 5. The molecule has 0 heterocycles. The maximum atomic E-state index is 13.8. The van der Waals surface area contributed by atoms with E-state index in [1.54, 1.807) is 25.1 Å². The first-order chi connectivity index (χ1) is 10.0. The van der Waals surface area contributed by atoms with Crippen molar-refractivity contribution in [3.05, 3.63) is 63.5 Å². The van der Waals surface area contributed by atoms with Gasteiger partial charge >= 0.3 is 0 Å². The molecular formula is C14H14FN3O3. The minimum atomic E-state index is -0.550. The average molecular weight is 291 g/mol. The van der Waals surface area contributed by atoms with E-state index in [0.29, 0.717) is 11.1 Å². The van der Waals surface area contributed by atoms with Crippen LogP contribution in [-0.2, 0) is 6.61 Å². The summed E-state index contributed by atoms with van der Waals surface area (Å²) in [6.45, 7) is 1.65. The van der Waals surface area contributed by atoms with E-state index in [0.717, 1.165) is 0 Å². The van der Waals surface area contributed by atoms with Crippen LogP contribution in [0.3, 0.4) is 0 Å². The largest absolute Gasteiger partial charge is 0.486 e. The lowest BCUT2D eigenvalue weighted by molar-refractivity contribution is -0.384. The Labute approximate surface area is 120 Å². The third-order valence-electron chi connectivity index (χ3n) is 2.97. The first-order valence-corrected chi connectivity index (χ1v) is 6.14. The van der Waals surface area contributed by atoms with Crippen LogP contribution in [0.25, 0.3) is 0 Å². The number of benzene rings is 2. The second kappa shape index (κ2) is 6.19. The fourth-order valence-electron chi connectivity index (χ4n) is 1.83. The Morgan fingerprint density at radius 2 is 2.14 bits per heavy atom. The summed E-state index contributed by atoms with van der Waals surface area (Å²) in [6, 6.07) is 9.25. The topological polar surface area (TPSA) is 90.4 Å². The normalized spacial score (nSPS) is 10.2. The van der Waals surface area contributed by atoms with E-state index in [-0.39, 0.29) is 23.7 Å². The van der Waals surface area contributed by atoms with Gasteiger partial charge in [0.2, 0.25) is 0 Å². The molecule has 0 saturated carbocycles. The van der Waals surface area contributed by atoms with Crippen molar-refractivity contribution in [2.24, 2.45) is 5.84 Å². The first kappa shape index (κ1) is 14.7. The number of nitro groups is 1. The third-order valence-corrected chi connectivity index (χ3v) is 2.97. The molecule has 6 nitrogen and oxygen atoms in total. The first-order valence-electron chi connectivity index (χ1n) is 6.14. The second-order valence-corrected chi connectivity index (χ2v) is 4.43. The number of nitrogens with one attached hydrogen (secondary N) is 1. The SMILES string of the molecule is Cc1cccc(OCc2ccc(NN)c([N+](=O)[O-])c2)c1F. The van der Waals surface area contributed by atoms with Gasteiger partial charge in [-0.15, -0.1) is 0 Å². The number of hydrazine groups is 1. The van der Waals surface area contributed by atoms with Crippen LogP contribution in [0.5, 0.6) is 5.75 Å². The van der Waals surface area contributed by atoms with Crippen molar-refractivity contribution in [3.8, 4) is 5.75 Å². The molecule has 0 aliphatic heterocycles. The Balaban J connectivity index is 2.19. The van der Waals surface area contributed by atoms with Crippen LogP contribution in [-0.4, -0.2) is 4.92 Å². The number of aryl methyl sites for hydroxylation is 1. The molecule has 0 unspecified atom stereocenters. The molecule has 0 radical (unpaired) electrons. The summed E-state index contributed by atoms with van der Waals surface area (Å²) in [4.78, 5) is 10.4. The number of nitrogen functional groups attached to an aromatic ring is 1. The van der Waals surface area contributed by atoms with Crippen molar-refractivity contribution in [3.63, 3.8) is 0 Å². The Morgan fingerprint density at radius 1 is 1.38 bits per heavy atom. The minimum absolute atomic E-state index is 0.0199. The zero-order valence-electron chi connectivity index (χ0n) is 11.3. The highest BCUT2D eigenvalue weighted by Crippen LogP contribution is 2.26. The van der Waals surface area contributed by atoms with Crippen molar-refractivity contribution in [1.29, 1.82) is 0 Å². The van der Waals surface area contributed by atoms with Gasteiger partial charge in [0.05, 0.1) is 4.92 Å². The molecule has 3 N–H and O–H groups in total. The number of halogens is 1. The molecule has 0 amide bonds. The lowest BCUT2D eigenvalue weighted by atomic mass is 10.2. The molecule has 0 bridgehead atoms. The Kier molecular flexibility index (Phi) is 4.34. The van der Waals surface area contributed by atoms with Crippen molar-refractivity contribution in [1.82, 2.24) is 0 Å². The molecule has 2 rings (SSSR count). The number of nitrogens with zero attached hydrogens (tertiary/aromatic N) is 1. The van der Waals surface area contributed by atoms with Crippen LogP contribution in [0.1, 0.15) is 11.1 Å². The van der Waals surface area contributed by atoms with Gasteiger partial charge < -0.3 is 10.2 Å². The van der Waals surface area contributed by atoms with Crippen LogP contribution in [0.15, 0.2) is 36.4 Å². The fourth-order valence-corrected chi connectivity index (χ4v) is 1.83. The number of ether oxygens (including phenoxy) is 1. The lowest BCUT2D eigenvalue weighted by Crippen LogP contribution is -2.09. The number of anilines is 1. The van der Waals surface area contributed by atoms with E-state index in [1.165, 1.54) is 18.2 Å². The van der Waals surface area contributed by atoms with E-state index in [1.807, 2.05) is 0 Å². The van der Waals surface area contributed by atoms with Crippen LogP contribution >= 0.6 is 0 Å². The molecule has 0 saturated heterocycles. The summed E-state index contributed by atoms with van der Waals surface area (Å²) in [5.74, 6) is 4.88. The van der Waals surface area contributed by atoms with Gasteiger partial charge in [-0.1, -0.05) is 18.2 Å². The van der Waals surface area contributed by atoms with Crippen LogP contribution in [0.2, 0.25) is 0 Å². The number of hydrogen-bond donors (Lipinski definition) is 2. The molecule has 21 heavy (non-hydrogen) atoms. The van der Waals surface area contributed by atoms with E-state index in [9.17, 15) is 14.5 Å².